The molecule has 0 aliphatic carbocycles. The maximum Gasteiger partial charge on any atom is 0.444 e. The molecule has 2 rings (SSSR count). The number of hydrogen-bond donors (Lipinski definition) is 2. The predicted octanol–water partition coefficient (Wildman–Crippen LogP) is 2.97. The summed E-state index contributed by atoms with van der Waals surface area (Å²) >= 11 is 0. The average Bonchev–Trinajstić information content (AvgIpc) is 2.48. The molecule has 0 radical (unpaired) electrons. The van der Waals surface area contributed by atoms with Crippen LogP contribution in [0.15, 0.2) is 60.7 Å². The van der Waals surface area contributed by atoms with Gasteiger partial charge in [0.15, 0.2) is 0 Å². The molecule has 0 unspecified atom stereocenters. The third-order valence-electron chi connectivity index (χ3n) is 2.56. The van der Waals surface area contributed by atoms with Crippen molar-refractivity contribution in [3.63, 3.8) is 0 Å². The molecule has 0 bridgehead atoms. The monoisotopic (exact) mass is 321 g/mol. The van der Waals surface area contributed by atoms with Crippen molar-refractivity contribution in [3.8, 4) is 11.5 Å². The van der Waals surface area contributed by atoms with Gasteiger partial charge in [-0.05, 0) is 24.3 Å². The SMILES string of the molecule is O=C(O)CNCP(=O)(Oc1ccccc1)Oc1ccccc1. The normalized spacial score (nSPS) is 10.9. The van der Waals surface area contributed by atoms with Gasteiger partial charge in [0.1, 0.15) is 17.8 Å². The minimum Gasteiger partial charge on any atom is -0.480 e. The molecular formula is C15H16NO5P. The Bertz CT molecular complexity index is 602. The van der Waals surface area contributed by atoms with Gasteiger partial charge >= 0.3 is 13.6 Å². The molecule has 0 aliphatic rings. The van der Waals surface area contributed by atoms with E-state index in [9.17, 15) is 9.36 Å². The van der Waals surface area contributed by atoms with Crippen molar-refractivity contribution in [1.82, 2.24) is 5.32 Å². The van der Waals surface area contributed by atoms with Gasteiger partial charge in [0.2, 0.25) is 0 Å². The molecule has 116 valence electrons. The molecule has 0 heterocycles. The number of benzene rings is 2. The number of carboxylic acids is 1. The van der Waals surface area contributed by atoms with E-state index in [-0.39, 0.29) is 12.8 Å². The summed E-state index contributed by atoms with van der Waals surface area (Å²) in [5, 5.41) is 11.2. The summed E-state index contributed by atoms with van der Waals surface area (Å²) in [6, 6.07) is 17.2. The van der Waals surface area contributed by atoms with E-state index in [2.05, 4.69) is 5.32 Å². The van der Waals surface area contributed by atoms with Crippen molar-refractivity contribution in [2.45, 2.75) is 0 Å². The van der Waals surface area contributed by atoms with E-state index in [4.69, 9.17) is 14.2 Å². The van der Waals surface area contributed by atoms with E-state index in [1.807, 2.05) is 0 Å². The van der Waals surface area contributed by atoms with E-state index in [0.717, 1.165) is 0 Å². The second-order valence-corrected chi connectivity index (χ2v) is 6.30. The molecule has 0 saturated heterocycles. The molecule has 2 N–H and O–H groups in total. The Labute approximate surface area is 128 Å². The Kier molecular flexibility index (Phi) is 5.58. The molecule has 0 spiro atoms. The summed E-state index contributed by atoms with van der Waals surface area (Å²) in [4.78, 5) is 10.6. The van der Waals surface area contributed by atoms with Gasteiger partial charge < -0.3 is 14.2 Å². The number of rotatable bonds is 8. The molecule has 2 aromatic rings. The topological polar surface area (TPSA) is 84.9 Å². The first-order valence-corrected chi connectivity index (χ1v) is 8.31. The molecule has 0 amide bonds. The molecule has 0 atom stereocenters. The van der Waals surface area contributed by atoms with E-state index >= 15 is 0 Å². The standard InChI is InChI=1S/C15H16NO5P/c17-15(18)11-16-12-22(19,20-13-7-3-1-4-8-13)21-14-9-5-2-6-10-14/h1-10,16H,11-12H2,(H,17,18). The van der Waals surface area contributed by atoms with Crippen LogP contribution >= 0.6 is 7.60 Å². The first-order chi connectivity index (χ1) is 10.6. The highest BCUT2D eigenvalue weighted by Gasteiger charge is 2.28. The van der Waals surface area contributed by atoms with Crippen LogP contribution in [-0.2, 0) is 9.36 Å². The van der Waals surface area contributed by atoms with E-state index in [1.165, 1.54) is 0 Å². The first-order valence-electron chi connectivity index (χ1n) is 6.58. The summed E-state index contributed by atoms with van der Waals surface area (Å²) in [6.45, 7) is -0.333. The summed E-state index contributed by atoms with van der Waals surface area (Å²) in [5.74, 6) is -0.274. The van der Waals surface area contributed by atoms with Gasteiger partial charge in [-0.1, -0.05) is 36.4 Å². The third-order valence-corrected chi connectivity index (χ3v) is 4.15. The Balaban J connectivity index is 2.12. The number of hydrogen-bond acceptors (Lipinski definition) is 5. The second kappa shape index (κ2) is 7.64. The Morgan fingerprint density at radius 2 is 1.41 bits per heavy atom. The van der Waals surface area contributed by atoms with Crippen LogP contribution in [0.3, 0.4) is 0 Å². The molecule has 0 aromatic heterocycles. The van der Waals surface area contributed by atoms with Crippen molar-refractivity contribution >= 4 is 13.6 Å². The molecular weight excluding hydrogens is 305 g/mol. The predicted molar refractivity (Wildman–Crippen MR) is 82.3 cm³/mol. The van der Waals surface area contributed by atoms with Crippen molar-refractivity contribution in [1.29, 1.82) is 0 Å². The molecule has 7 heteroatoms. The van der Waals surface area contributed by atoms with Crippen LogP contribution in [0, 0.1) is 0 Å². The maximum absolute atomic E-state index is 12.8. The van der Waals surface area contributed by atoms with Crippen molar-refractivity contribution in [2.75, 3.05) is 12.8 Å². The smallest absolute Gasteiger partial charge is 0.444 e. The van der Waals surface area contributed by atoms with E-state index in [0.29, 0.717) is 11.5 Å². The highest BCUT2D eigenvalue weighted by molar-refractivity contribution is 7.54. The van der Waals surface area contributed by atoms with Crippen LogP contribution in [0.2, 0.25) is 0 Å². The second-order valence-electron chi connectivity index (χ2n) is 4.40. The van der Waals surface area contributed by atoms with E-state index in [1.54, 1.807) is 60.7 Å². The number of para-hydroxylation sites is 2. The lowest BCUT2D eigenvalue weighted by Gasteiger charge is -2.20. The molecule has 0 saturated carbocycles. The van der Waals surface area contributed by atoms with Gasteiger partial charge in [-0.15, -0.1) is 0 Å². The minimum atomic E-state index is -3.59. The van der Waals surface area contributed by atoms with Gasteiger partial charge in [-0.3, -0.25) is 10.1 Å². The lowest BCUT2D eigenvalue weighted by Crippen LogP contribution is -2.25. The van der Waals surface area contributed by atoms with Crippen molar-refractivity contribution in [3.05, 3.63) is 60.7 Å². The third kappa shape index (κ3) is 5.24. The summed E-state index contributed by atoms with van der Waals surface area (Å²) in [6.07, 6.45) is -0.219. The lowest BCUT2D eigenvalue weighted by molar-refractivity contribution is -0.135. The average molecular weight is 321 g/mol. The van der Waals surface area contributed by atoms with Crippen LogP contribution in [0.1, 0.15) is 0 Å². The highest BCUT2D eigenvalue weighted by atomic mass is 31.2. The lowest BCUT2D eigenvalue weighted by atomic mass is 10.3. The van der Waals surface area contributed by atoms with Crippen LogP contribution in [0.25, 0.3) is 0 Å². The van der Waals surface area contributed by atoms with Gasteiger partial charge in [0, 0.05) is 0 Å². The number of aliphatic carboxylic acids is 1. The fourth-order valence-electron chi connectivity index (χ4n) is 1.67. The zero-order valence-corrected chi connectivity index (χ0v) is 12.6. The zero-order chi connectivity index (χ0) is 15.8. The first kappa shape index (κ1) is 16.1. The van der Waals surface area contributed by atoms with Gasteiger partial charge in [0.05, 0.1) is 6.54 Å². The molecule has 6 nitrogen and oxygen atoms in total. The highest BCUT2D eigenvalue weighted by Crippen LogP contribution is 2.47. The van der Waals surface area contributed by atoms with E-state index < -0.39 is 13.6 Å². The van der Waals surface area contributed by atoms with Crippen LogP contribution in [0.5, 0.6) is 11.5 Å². The molecule has 22 heavy (non-hydrogen) atoms. The molecule has 0 aliphatic heterocycles. The summed E-state index contributed by atoms with van der Waals surface area (Å²) in [7, 11) is -3.59. The summed E-state index contributed by atoms with van der Waals surface area (Å²) < 4.78 is 23.8. The zero-order valence-electron chi connectivity index (χ0n) is 11.7. The Hall–Kier alpha value is -2.30. The van der Waals surface area contributed by atoms with Crippen LogP contribution in [-0.4, -0.2) is 23.9 Å². The number of carboxylic acid groups (broad SMARTS) is 1. The number of nitrogens with one attached hydrogen (secondary N) is 1. The fraction of sp³-hybridized carbons (Fsp3) is 0.133. The van der Waals surface area contributed by atoms with Crippen molar-refractivity contribution < 1.29 is 23.5 Å². The van der Waals surface area contributed by atoms with Crippen LogP contribution in [0.4, 0.5) is 0 Å². The van der Waals surface area contributed by atoms with Gasteiger partial charge in [0.25, 0.3) is 0 Å². The fourth-order valence-corrected chi connectivity index (χ4v) is 3.10. The Morgan fingerprint density at radius 3 is 1.82 bits per heavy atom. The maximum atomic E-state index is 12.8. The minimum absolute atomic E-state index is 0.219. The molecule has 2 aromatic carbocycles. The largest absolute Gasteiger partial charge is 0.480 e. The van der Waals surface area contributed by atoms with Crippen LogP contribution < -0.4 is 14.4 Å². The van der Waals surface area contributed by atoms with Gasteiger partial charge in [-0.2, -0.15) is 0 Å². The van der Waals surface area contributed by atoms with Crippen molar-refractivity contribution in [2.24, 2.45) is 0 Å². The number of carbonyl (C=O) groups is 1. The quantitative estimate of drug-likeness (QED) is 0.727. The van der Waals surface area contributed by atoms with Gasteiger partial charge in [-0.25, -0.2) is 4.57 Å². The Morgan fingerprint density at radius 1 is 0.955 bits per heavy atom. The summed E-state index contributed by atoms with van der Waals surface area (Å²) in [5.41, 5.74) is 0. The molecule has 0 fully saturated rings.